The van der Waals surface area contributed by atoms with Crippen LogP contribution in [0.3, 0.4) is 0 Å². The van der Waals surface area contributed by atoms with Crippen molar-refractivity contribution >= 4 is 20.3 Å². The molecule has 5 aromatic rings. The minimum absolute atomic E-state index is 0.0435. The Kier molecular flexibility index (Phi) is 8.53. The average Bonchev–Trinajstić information content (AvgIpc) is 2.93. The van der Waals surface area contributed by atoms with Gasteiger partial charge in [-0.1, -0.05) is 90.1 Å². The average molecular weight is 612 g/mol. The molecule has 2 nitrogen and oxygen atoms in total. The van der Waals surface area contributed by atoms with Crippen molar-refractivity contribution in [2.24, 2.45) is 0 Å². The van der Waals surface area contributed by atoms with E-state index in [0.29, 0.717) is 0 Å². The normalized spacial score (nSPS) is 11.7. The van der Waals surface area contributed by atoms with Gasteiger partial charge in [-0.3, -0.25) is 9.97 Å². The van der Waals surface area contributed by atoms with Gasteiger partial charge in [0.15, 0.2) is 0 Å². The van der Waals surface area contributed by atoms with Crippen LogP contribution in [0.25, 0.3) is 44.5 Å². The summed E-state index contributed by atoms with van der Waals surface area (Å²) in [5, 5.41) is 2.29. The van der Waals surface area contributed by atoms with E-state index in [1.54, 1.807) is 0 Å². The Morgan fingerprint density at radius 1 is 0.632 bits per heavy atom. The number of hydrogen-bond acceptors (Lipinski definition) is 2. The van der Waals surface area contributed by atoms with Crippen molar-refractivity contribution in [2.45, 2.75) is 52.4 Å². The van der Waals surface area contributed by atoms with Crippen molar-refractivity contribution in [3.63, 3.8) is 0 Å². The molecule has 0 saturated carbocycles. The summed E-state index contributed by atoms with van der Waals surface area (Å²) in [6.45, 7) is 13.7. The van der Waals surface area contributed by atoms with Crippen LogP contribution < -0.4 is 0 Å². The summed E-state index contributed by atoms with van der Waals surface area (Å²) >= 11 is 2.22. The summed E-state index contributed by atoms with van der Waals surface area (Å²) < 4.78 is 0. The van der Waals surface area contributed by atoms with E-state index >= 15 is 0 Å². The van der Waals surface area contributed by atoms with Crippen molar-refractivity contribution < 1.29 is 18.2 Å². The van der Waals surface area contributed by atoms with Crippen LogP contribution in [0.5, 0.6) is 0 Å². The number of halogens is 1. The first-order valence-electron chi connectivity index (χ1n) is 12.7. The Bertz CT molecular complexity index is 1510. The SMILES string of the molecule is CC(C)(C)c1cc(-c2cc(-c3[c-]cccc3)nc(-c3cc4ccccc4cn3)c2)cc(C(C)(C)C)c1.[Cl][Pd+]. The molecule has 0 aliphatic rings. The van der Waals surface area contributed by atoms with Gasteiger partial charge in [0.2, 0.25) is 0 Å². The van der Waals surface area contributed by atoms with Crippen molar-refractivity contribution in [3.05, 3.63) is 108 Å². The predicted octanol–water partition coefficient (Wildman–Crippen LogP) is 9.71. The zero-order valence-corrected chi connectivity index (χ0v) is 25.1. The van der Waals surface area contributed by atoms with Crippen LogP contribution in [0.2, 0.25) is 0 Å². The van der Waals surface area contributed by atoms with Gasteiger partial charge >= 0.3 is 27.7 Å². The Hall–Kier alpha value is -2.83. The molecule has 0 fully saturated rings. The molecule has 0 unspecified atom stereocenters. The molecule has 2 aromatic heterocycles. The first kappa shape index (κ1) is 28.2. The van der Waals surface area contributed by atoms with Gasteiger partial charge in [-0.15, -0.1) is 35.9 Å². The molecular formula is C34H33ClN2Pd. The van der Waals surface area contributed by atoms with E-state index in [1.807, 2.05) is 30.5 Å². The zero-order valence-electron chi connectivity index (χ0n) is 22.7. The van der Waals surface area contributed by atoms with Crippen molar-refractivity contribution in [3.8, 4) is 33.8 Å². The second-order valence-corrected chi connectivity index (χ2v) is 11.6. The van der Waals surface area contributed by atoms with E-state index in [4.69, 9.17) is 9.97 Å². The number of rotatable bonds is 3. The Balaban J connectivity index is 0.00000164. The fourth-order valence-corrected chi connectivity index (χ4v) is 4.40. The van der Waals surface area contributed by atoms with Crippen LogP contribution in [-0.2, 0) is 29.0 Å². The third-order valence-corrected chi connectivity index (χ3v) is 6.70. The quantitative estimate of drug-likeness (QED) is 0.150. The van der Waals surface area contributed by atoms with E-state index in [2.05, 4.69) is 136 Å². The molecule has 0 aliphatic heterocycles. The number of aromatic nitrogens is 2. The van der Waals surface area contributed by atoms with Gasteiger partial charge in [-0.05, 0) is 56.3 Å². The van der Waals surface area contributed by atoms with Gasteiger partial charge in [0.25, 0.3) is 0 Å². The second kappa shape index (κ2) is 11.5. The maximum atomic E-state index is 5.05. The van der Waals surface area contributed by atoms with E-state index in [1.165, 1.54) is 16.7 Å². The van der Waals surface area contributed by atoms with E-state index < -0.39 is 0 Å². The van der Waals surface area contributed by atoms with Gasteiger partial charge in [-0.25, -0.2) is 0 Å². The number of fused-ring (bicyclic) bond motifs is 1. The summed E-state index contributed by atoms with van der Waals surface area (Å²) in [4.78, 5) is 9.84. The van der Waals surface area contributed by atoms with Crippen LogP contribution in [0.15, 0.2) is 91.1 Å². The van der Waals surface area contributed by atoms with Gasteiger partial charge in [0.1, 0.15) is 0 Å². The van der Waals surface area contributed by atoms with Crippen LogP contribution in [-0.4, -0.2) is 9.97 Å². The summed E-state index contributed by atoms with van der Waals surface area (Å²) in [7, 11) is 4.49. The summed E-state index contributed by atoms with van der Waals surface area (Å²) in [5.74, 6) is 0. The van der Waals surface area contributed by atoms with Crippen LogP contribution >= 0.6 is 9.53 Å². The summed E-state index contributed by atoms with van der Waals surface area (Å²) in [6, 6.07) is 33.2. The minimum atomic E-state index is 0.0435. The number of pyridine rings is 2. The van der Waals surface area contributed by atoms with E-state index in [-0.39, 0.29) is 10.8 Å². The number of hydrogen-bond donors (Lipinski definition) is 0. The fraction of sp³-hybridized carbons (Fsp3) is 0.235. The predicted molar refractivity (Wildman–Crippen MR) is 158 cm³/mol. The standard InChI is InChI=1S/C34H33N2.ClH.Pd/c1-33(2,3)28-16-26(17-29(21-28)34(4,5)6)27-19-30(23-12-8-7-9-13-23)36-32(20-27)31-18-24-14-10-11-15-25(24)22-35-31;;/h7-12,14-22H,1-6H3;1H;/q-1;;+2/p-1. The molecule has 5 rings (SSSR count). The molecule has 0 N–H and O–H groups in total. The van der Waals surface area contributed by atoms with Crippen molar-refractivity contribution in [2.75, 3.05) is 0 Å². The Morgan fingerprint density at radius 2 is 1.21 bits per heavy atom. The maximum absolute atomic E-state index is 5.05. The summed E-state index contributed by atoms with van der Waals surface area (Å²) in [6.07, 6.45) is 1.94. The molecule has 3 aromatic carbocycles. The third-order valence-electron chi connectivity index (χ3n) is 6.70. The zero-order chi connectivity index (χ0) is 27.5. The molecule has 38 heavy (non-hydrogen) atoms. The van der Waals surface area contributed by atoms with Gasteiger partial charge in [0, 0.05) is 11.6 Å². The molecule has 2 heterocycles. The molecule has 0 radical (unpaired) electrons. The van der Waals surface area contributed by atoms with Gasteiger partial charge in [0.05, 0.1) is 11.4 Å². The Labute approximate surface area is 241 Å². The molecule has 0 saturated heterocycles. The van der Waals surface area contributed by atoms with Gasteiger partial charge in [-0.2, -0.15) is 0 Å². The molecule has 0 atom stereocenters. The topological polar surface area (TPSA) is 25.8 Å². The second-order valence-electron chi connectivity index (χ2n) is 11.6. The molecule has 4 heteroatoms. The number of nitrogens with zero attached hydrogens (tertiary/aromatic N) is 2. The number of benzene rings is 3. The molecule has 0 spiro atoms. The van der Waals surface area contributed by atoms with Crippen LogP contribution in [0.4, 0.5) is 0 Å². The molecule has 0 aliphatic carbocycles. The first-order chi connectivity index (χ1) is 18.1. The summed E-state index contributed by atoms with van der Waals surface area (Å²) in [5.41, 5.74) is 8.71. The van der Waals surface area contributed by atoms with Crippen molar-refractivity contribution in [1.82, 2.24) is 9.97 Å². The van der Waals surface area contributed by atoms with E-state index in [9.17, 15) is 0 Å². The first-order valence-corrected chi connectivity index (χ1v) is 14.7. The molecule has 196 valence electrons. The fourth-order valence-electron chi connectivity index (χ4n) is 4.40. The molecular weight excluding hydrogens is 578 g/mol. The third kappa shape index (κ3) is 6.41. The van der Waals surface area contributed by atoms with Gasteiger partial charge < -0.3 is 0 Å². The van der Waals surface area contributed by atoms with Crippen LogP contribution in [0, 0.1) is 6.07 Å². The monoisotopic (exact) mass is 610 g/mol. The van der Waals surface area contributed by atoms with Crippen LogP contribution in [0.1, 0.15) is 52.7 Å². The van der Waals surface area contributed by atoms with E-state index in [0.717, 1.165) is 39.0 Å². The molecule has 0 amide bonds. The molecule has 0 bridgehead atoms. The van der Waals surface area contributed by atoms with Crippen molar-refractivity contribution in [1.29, 1.82) is 0 Å². The Morgan fingerprint density at radius 3 is 1.82 bits per heavy atom.